The van der Waals surface area contributed by atoms with E-state index in [1.54, 1.807) is 18.2 Å². The largest absolute Gasteiger partial charge is 0.417 e. The van der Waals surface area contributed by atoms with Gasteiger partial charge in [-0.15, -0.1) is 0 Å². The Morgan fingerprint density at radius 1 is 1.35 bits per heavy atom. The number of nitrogens with one attached hydrogen (secondary N) is 2. The van der Waals surface area contributed by atoms with E-state index in [1.165, 1.54) is 0 Å². The highest BCUT2D eigenvalue weighted by Gasteiger charge is 2.28. The summed E-state index contributed by atoms with van der Waals surface area (Å²) in [6, 6.07) is 4.99. The summed E-state index contributed by atoms with van der Waals surface area (Å²) in [6.45, 7) is 0. The highest BCUT2D eigenvalue weighted by Crippen LogP contribution is 2.25. The average Bonchev–Trinajstić information content (AvgIpc) is 2.78. The number of carbonyl (C=O) groups excluding carboxylic acids is 1. The van der Waals surface area contributed by atoms with Crippen molar-refractivity contribution in [3.05, 3.63) is 28.7 Å². The van der Waals surface area contributed by atoms with Crippen LogP contribution in [0.3, 0.4) is 0 Å². The van der Waals surface area contributed by atoms with Crippen molar-refractivity contribution in [3.63, 3.8) is 0 Å². The number of H-pyrrole nitrogens is 1. The first kappa shape index (κ1) is 12.9. The fourth-order valence-electron chi connectivity index (χ4n) is 2.75. The van der Waals surface area contributed by atoms with Gasteiger partial charge in [0.1, 0.15) is 0 Å². The molecular weight excluding hydrogens is 258 g/mol. The van der Waals surface area contributed by atoms with Crippen LogP contribution in [0, 0.1) is 5.92 Å². The van der Waals surface area contributed by atoms with Crippen molar-refractivity contribution >= 4 is 22.7 Å². The van der Waals surface area contributed by atoms with E-state index in [-0.39, 0.29) is 17.9 Å². The molecule has 2 unspecified atom stereocenters. The average molecular weight is 275 g/mol. The third-order valence-electron chi connectivity index (χ3n) is 3.84. The smallest absolute Gasteiger partial charge is 0.408 e. The van der Waals surface area contributed by atoms with E-state index in [0.717, 1.165) is 25.7 Å². The molecule has 6 heteroatoms. The van der Waals surface area contributed by atoms with E-state index >= 15 is 0 Å². The predicted molar refractivity (Wildman–Crippen MR) is 75.4 cm³/mol. The Bertz CT molecular complexity index is 688. The maximum absolute atomic E-state index is 12.2. The number of aromatic amines is 1. The van der Waals surface area contributed by atoms with Crippen molar-refractivity contribution in [2.24, 2.45) is 11.7 Å². The molecule has 6 nitrogen and oxygen atoms in total. The van der Waals surface area contributed by atoms with Gasteiger partial charge in [-0.05, 0) is 31.0 Å². The lowest BCUT2D eigenvalue weighted by Crippen LogP contribution is -2.40. The van der Waals surface area contributed by atoms with Crippen LogP contribution in [0.4, 0.5) is 5.69 Å². The summed E-state index contributed by atoms with van der Waals surface area (Å²) < 4.78 is 4.92. The van der Waals surface area contributed by atoms with Crippen LogP contribution in [0.2, 0.25) is 0 Å². The molecule has 1 heterocycles. The predicted octanol–water partition coefficient (Wildman–Crippen LogP) is 1.58. The van der Waals surface area contributed by atoms with Gasteiger partial charge >= 0.3 is 5.76 Å². The highest BCUT2D eigenvalue weighted by molar-refractivity contribution is 5.94. The number of oxazole rings is 1. The molecule has 0 radical (unpaired) electrons. The van der Waals surface area contributed by atoms with Crippen molar-refractivity contribution in [1.29, 1.82) is 0 Å². The second kappa shape index (κ2) is 5.13. The molecule has 0 bridgehead atoms. The number of hydrogen-bond donors (Lipinski definition) is 3. The second-order valence-corrected chi connectivity index (χ2v) is 5.27. The molecule has 20 heavy (non-hydrogen) atoms. The van der Waals surface area contributed by atoms with Crippen molar-refractivity contribution in [2.75, 3.05) is 5.32 Å². The summed E-state index contributed by atoms with van der Waals surface area (Å²) in [4.78, 5) is 25.9. The molecule has 1 aromatic heterocycles. The van der Waals surface area contributed by atoms with E-state index < -0.39 is 5.76 Å². The maximum atomic E-state index is 12.2. The van der Waals surface area contributed by atoms with Crippen LogP contribution in [0.1, 0.15) is 25.7 Å². The molecule has 1 saturated carbocycles. The minimum atomic E-state index is -0.502. The minimum Gasteiger partial charge on any atom is -0.408 e. The Morgan fingerprint density at radius 3 is 2.95 bits per heavy atom. The number of amides is 1. The first-order valence-electron chi connectivity index (χ1n) is 6.83. The summed E-state index contributed by atoms with van der Waals surface area (Å²) in [5, 5.41) is 2.86. The van der Waals surface area contributed by atoms with Crippen LogP contribution in [0.5, 0.6) is 0 Å². The van der Waals surface area contributed by atoms with E-state index in [2.05, 4.69) is 10.3 Å². The zero-order valence-corrected chi connectivity index (χ0v) is 11.0. The number of rotatable bonds is 2. The molecular formula is C14H17N3O3. The Labute approximate surface area is 115 Å². The molecule has 1 fully saturated rings. The lowest BCUT2D eigenvalue weighted by molar-refractivity contribution is -0.121. The van der Waals surface area contributed by atoms with Crippen molar-refractivity contribution < 1.29 is 9.21 Å². The SMILES string of the molecule is NC1CCCCC1C(=O)Nc1ccc2oc(=O)[nH]c2c1. The van der Waals surface area contributed by atoms with E-state index in [0.29, 0.717) is 16.8 Å². The van der Waals surface area contributed by atoms with Gasteiger partial charge in [-0.1, -0.05) is 12.8 Å². The summed E-state index contributed by atoms with van der Waals surface area (Å²) in [5.74, 6) is -0.692. The van der Waals surface area contributed by atoms with E-state index in [4.69, 9.17) is 10.2 Å². The fourth-order valence-corrected chi connectivity index (χ4v) is 2.75. The van der Waals surface area contributed by atoms with Crippen LogP contribution in [-0.4, -0.2) is 16.9 Å². The monoisotopic (exact) mass is 275 g/mol. The Morgan fingerprint density at radius 2 is 2.15 bits per heavy atom. The normalized spacial score (nSPS) is 22.9. The molecule has 0 saturated heterocycles. The molecule has 2 aromatic rings. The van der Waals surface area contributed by atoms with Gasteiger partial charge in [-0.3, -0.25) is 9.78 Å². The van der Waals surface area contributed by atoms with Crippen LogP contribution >= 0.6 is 0 Å². The van der Waals surface area contributed by atoms with Crippen LogP contribution in [0.25, 0.3) is 11.1 Å². The topological polar surface area (TPSA) is 101 Å². The molecule has 4 N–H and O–H groups in total. The molecule has 1 aliphatic carbocycles. The molecule has 1 aromatic carbocycles. The standard InChI is InChI=1S/C14H17N3O3/c15-10-4-2-1-3-9(10)13(18)16-8-5-6-12-11(7-8)17-14(19)20-12/h5-7,9-10H,1-4,15H2,(H,16,18)(H,17,19). The molecule has 1 amide bonds. The summed E-state index contributed by atoms with van der Waals surface area (Å²) in [7, 11) is 0. The molecule has 0 spiro atoms. The van der Waals surface area contributed by atoms with Gasteiger partial charge in [0, 0.05) is 11.7 Å². The molecule has 3 rings (SSSR count). The van der Waals surface area contributed by atoms with Crippen LogP contribution in [0.15, 0.2) is 27.4 Å². The van der Waals surface area contributed by atoms with Crippen molar-refractivity contribution in [3.8, 4) is 0 Å². The second-order valence-electron chi connectivity index (χ2n) is 5.27. The molecule has 106 valence electrons. The number of fused-ring (bicyclic) bond motifs is 1. The third-order valence-corrected chi connectivity index (χ3v) is 3.84. The maximum Gasteiger partial charge on any atom is 0.417 e. The summed E-state index contributed by atoms with van der Waals surface area (Å²) in [5.41, 5.74) is 7.69. The third kappa shape index (κ3) is 2.46. The number of carbonyl (C=O) groups is 1. The number of aromatic nitrogens is 1. The van der Waals surface area contributed by atoms with Crippen LogP contribution < -0.4 is 16.8 Å². The number of anilines is 1. The van der Waals surface area contributed by atoms with Gasteiger partial charge in [-0.2, -0.15) is 0 Å². The molecule has 1 aliphatic rings. The van der Waals surface area contributed by atoms with Gasteiger partial charge in [0.05, 0.1) is 11.4 Å². The van der Waals surface area contributed by atoms with Crippen molar-refractivity contribution in [1.82, 2.24) is 4.98 Å². The lowest BCUT2D eigenvalue weighted by Gasteiger charge is -2.27. The minimum absolute atomic E-state index is 0.0533. The Kier molecular flexibility index (Phi) is 3.31. The van der Waals surface area contributed by atoms with Gasteiger partial charge in [-0.25, -0.2) is 4.79 Å². The summed E-state index contributed by atoms with van der Waals surface area (Å²) >= 11 is 0. The summed E-state index contributed by atoms with van der Waals surface area (Å²) in [6.07, 6.45) is 3.86. The lowest BCUT2D eigenvalue weighted by atomic mass is 9.84. The van der Waals surface area contributed by atoms with Gasteiger partial charge < -0.3 is 15.5 Å². The molecule has 0 aliphatic heterocycles. The molecule has 2 atom stereocenters. The van der Waals surface area contributed by atoms with Gasteiger partial charge in [0.2, 0.25) is 5.91 Å². The zero-order valence-electron chi connectivity index (χ0n) is 11.0. The van der Waals surface area contributed by atoms with E-state index in [1.807, 2.05) is 0 Å². The Balaban J connectivity index is 1.78. The first-order chi connectivity index (χ1) is 9.63. The number of nitrogens with two attached hydrogens (primary N) is 1. The fraction of sp³-hybridized carbons (Fsp3) is 0.429. The van der Waals surface area contributed by atoms with E-state index in [9.17, 15) is 9.59 Å². The quantitative estimate of drug-likeness (QED) is 0.774. The van der Waals surface area contributed by atoms with Gasteiger partial charge in [0.25, 0.3) is 0 Å². The van der Waals surface area contributed by atoms with Crippen LogP contribution in [-0.2, 0) is 4.79 Å². The van der Waals surface area contributed by atoms with Gasteiger partial charge in [0.15, 0.2) is 5.58 Å². The highest BCUT2D eigenvalue weighted by atomic mass is 16.4. The number of hydrogen-bond acceptors (Lipinski definition) is 4. The Hall–Kier alpha value is -2.08. The van der Waals surface area contributed by atoms with Crippen molar-refractivity contribution in [2.45, 2.75) is 31.7 Å². The zero-order chi connectivity index (χ0) is 14.1. The first-order valence-corrected chi connectivity index (χ1v) is 6.83. The number of benzene rings is 1.